The molecule has 1 aliphatic carbocycles. The molecule has 1 amide bonds. The number of imidazole rings is 1. The van der Waals surface area contributed by atoms with Crippen LogP contribution in [-0.4, -0.2) is 21.3 Å². The van der Waals surface area contributed by atoms with Gasteiger partial charge in [0.15, 0.2) is 4.96 Å². The largest absolute Gasteiger partial charge is 0.416 e. The molecule has 0 radical (unpaired) electrons. The molecule has 3 aromatic rings. The number of thiazole rings is 1. The minimum Gasteiger partial charge on any atom is -0.348 e. The van der Waals surface area contributed by atoms with E-state index in [0.29, 0.717) is 21.1 Å². The van der Waals surface area contributed by atoms with Crippen LogP contribution in [0.4, 0.5) is 13.2 Å². The summed E-state index contributed by atoms with van der Waals surface area (Å²) in [5.41, 5.74) is 0.139. The van der Waals surface area contributed by atoms with Crippen molar-refractivity contribution in [3.8, 4) is 10.4 Å². The fourth-order valence-electron chi connectivity index (χ4n) is 3.57. The molecule has 4 nitrogen and oxygen atoms in total. The maximum Gasteiger partial charge on any atom is 0.416 e. The highest BCUT2D eigenvalue weighted by atomic mass is 32.1. The van der Waals surface area contributed by atoms with Gasteiger partial charge in [-0.25, -0.2) is 4.98 Å². The molecule has 1 aromatic carbocycles. The predicted molar refractivity (Wildman–Crippen MR) is 102 cm³/mol. The molecule has 0 saturated heterocycles. The third-order valence-electron chi connectivity index (χ3n) is 5.05. The first-order valence-electron chi connectivity index (χ1n) is 9.37. The normalized spacial score (nSPS) is 16.2. The Labute approximate surface area is 164 Å². The van der Waals surface area contributed by atoms with Crippen molar-refractivity contribution >= 4 is 22.2 Å². The van der Waals surface area contributed by atoms with Crippen LogP contribution in [0.2, 0.25) is 0 Å². The first kappa shape index (κ1) is 19.0. The second kappa shape index (κ2) is 7.58. The number of aromatic nitrogens is 2. The smallest absolute Gasteiger partial charge is 0.348 e. The van der Waals surface area contributed by atoms with Gasteiger partial charge in [-0.05, 0) is 30.5 Å². The second-order valence-corrected chi connectivity index (χ2v) is 8.16. The van der Waals surface area contributed by atoms with E-state index in [1.54, 1.807) is 22.9 Å². The van der Waals surface area contributed by atoms with E-state index >= 15 is 0 Å². The molecule has 0 spiro atoms. The van der Waals surface area contributed by atoms with Crippen LogP contribution in [0.3, 0.4) is 0 Å². The molecule has 4 rings (SSSR count). The topological polar surface area (TPSA) is 46.4 Å². The summed E-state index contributed by atoms with van der Waals surface area (Å²) >= 11 is 1.26. The Morgan fingerprint density at radius 1 is 1.14 bits per heavy atom. The Kier molecular flexibility index (Phi) is 5.14. The van der Waals surface area contributed by atoms with E-state index in [1.807, 2.05) is 0 Å². The summed E-state index contributed by atoms with van der Waals surface area (Å²) < 4.78 is 40.5. The summed E-state index contributed by atoms with van der Waals surface area (Å²) in [5, 5.41) is 3.06. The zero-order valence-corrected chi connectivity index (χ0v) is 15.9. The lowest BCUT2D eigenvalue weighted by atomic mass is 10.1. The number of amides is 1. The Bertz CT molecular complexity index is 953. The lowest BCUT2D eigenvalue weighted by molar-refractivity contribution is -0.137. The highest BCUT2D eigenvalue weighted by Gasteiger charge is 2.30. The predicted octanol–water partition coefficient (Wildman–Crippen LogP) is 5.53. The maximum atomic E-state index is 12.9. The number of fused-ring (bicyclic) bond motifs is 1. The third-order valence-corrected chi connectivity index (χ3v) is 6.10. The van der Waals surface area contributed by atoms with Gasteiger partial charge in [0.1, 0.15) is 5.69 Å². The van der Waals surface area contributed by atoms with Crippen LogP contribution in [-0.2, 0) is 6.18 Å². The summed E-state index contributed by atoms with van der Waals surface area (Å²) in [5.74, 6) is -0.191. The lowest BCUT2D eigenvalue weighted by Crippen LogP contribution is -2.34. The highest BCUT2D eigenvalue weighted by molar-refractivity contribution is 7.20. The minimum atomic E-state index is -4.38. The molecule has 0 bridgehead atoms. The Morgan fingerprint density at radius 3 is 2.57 bits per heavy atom. The SMILES string of the molecule is O=C(NC1CCCCCC1)c1cn2cc(-c3cccc(C(F)(F)F)c3)sc2n1. The van der Waals surface area contributed by atoms with Gasteiger partial charge in [0.25, 0.3) is 5.91 Å². The van der Waals surface area contributed by atoms with Gasteiger partial charge in [0, 0.05) is 18.4 Å². The number of benzene rings is 1. The number of carbonyl (C=O) groups is 1. The molecular weight excluding hydrogens is 387 g/mol. The number of halogens is 3. The molecule has 1 aliphatic rings. The highest BCUT2D eigenvalue weighted by Crippen LogP contribution is 2.34. The number of carbonyl (C=O) groups excluding carboxylic acids is 1. The average Bonchev–Trinajstić information content (AvgIpc) is 3.13. The van der Waals surface area contributed by atoms with E-state index in [-0.39, 0.29) is 11.9 Å². The van der Waals surface area contributed by atoms with Crippen molar-refractivity contribution in [2.45, 2.75) is 50.7 Å². The van der Waals surface area contributed by atoms with Crippen LogP contribution in [0.5, 0.6) is 0 Å². The zero-order valence-electron chi connectivity index (χ0n) is 15.1. The lowest BCUT2D eigenvalue weighted by Gasteiger charge is -2.14. The molecule has 148 valence electrons. The monoisotopic (exact) mass is 407 g/mol. The summed E-state index contributed by atoms with van der Waals surface area (Å²) in [6.07, 6.45) is 5.64. The van der Waals surface area contributed by atoms with Gasteiger partial charge >= 0.3 is 6.18 Å². The van der Waals surface area contributed by atoms with Gasteiger partial charge in [-0.1, -0.05) is 49.2 Å². The van der Waals surface area contributed by atoms with E-state index in [4.69, 9.17) is 0 Å². The van der Waals surface area contributed by atoms with Crippen LogP contribution < -0.4 is 5.32 Å². The van der Waals surface area contributed by atoms with Gasteiger partial charge in [-0.3, -0.25) is 9.20 Å². The number of rotatable bonds is 3. The molecule has 1 fully saturated rings. The van der Waals surface area contributed by atoms with Crippen molar-refractivity contribution in [2.24, 2.45) is 0 Å². The van der Waals surface area contributed by atoms with Crippen molar-refractivity contribution in [1.29, 1.82) is 0 Å². The quantitative estimate of drug-likeness (QED) is 0.580. The molecule has 28 heavy (non-hydrogen) atoms. The Hall–Kier alpha value is -2.35. The van der Waals surface area contributed by atoms with Crippen LogP contribution in [0.15, 0.2) is 36.7 Å². The Balaban J connectivity index is 1.53. The molecule has 0 unspecified atom stereocenters. The summed E-state index contributed by atoms with van der Waals surface area (Å²) in [4.78, 5) is 18.1. The van der Waals surface area contributed by atoms with Gasteiger partial charge in [0.2, 0.25) is 0 Å². The molecule has 1 N–H and O–H groups in total. The summed E-state index contributed by atoms with van der Waals surface area (Å²) in [6, 6.07) is 5.41. The number of alkyl halides is 3. The Morgan fingerprint density at radius 2 is 1.89 bits per heavy atom. The minimum absolute atomic E-state index is 0.190. The first-order chi connectivity index (χ1) is 13.4. The van der Waals surface area contributed by atoms with Crippen molar-refractivity contribution in [3.05, 3.63) is 47.9 Å². The molecule has 0 atom stereocenters. The summed E-state index contributed by atoms with van der Waals surface area (Å²) in [6.45, 7) is 0. The molecule has 1 saturated carbocycles. The third kappa shape index (κ3) is 4.06. The number of nitrogens with zero attached hydrogens (tertiary/aromatic N) is 2. The molecular formula is C20H20F3N3OS. The molecule has 2 heterocycles. The van der Waals surface area contributed by atoms with E-state index in [0.717, 1.165) is 37.8 Å². The van der Waals surface area contributed by atoms with E-state index < -0.39 is 11.7 Å². The maximum absolute atomic E-state index is 12.9. The van der Waals surface area contributed by atoms with Gasteiger partial charge < -0.3 is 5.32 Å². The number of hydrogen-bond acceptors (Lipinski definition) is 3. The van der Waals surface area contributed by atoms with E-state index in [1.165, 1.54) is 30.2 Å². The van der Waals surface area contributed by atoms with Crippen LogP contribution >= 0.6 is 11.3 Å². The van der Waals surface area contributed by atoms with Gasteiger partial charge in [-0.2, -0.15) is 13.2 Å². The second-order valence-electron chi connectivity index (χ2n) is 7.15. The fourth-order valence-corrected chi connectivity index (χ4v) is 4.53. The molecule has 8 heteroatoms. The molecule has 2 aromatic heterocycles. The zero-order chi connectivity index (χ0) is 19.7. The van der Waals surface area contributed by atoms with Gasteiger partial charge in [-0.15, -0.1) is 0 Å². The van der Waals surface area contributed by atoms with Crippen molar-refractivity contribution in [1.82, 2.24) is 14.7 Å². The standard InChI is InChI=1S/C20H20F3N3OS/c21-20(22,23)14-7-5-6-13(10-14)17-12-26-11-16(25-19(26)28-17)18(27)24-15-8-3-1-2-4-9-15/h5-7,10-12,15H,1-4,8-9H2,(H,24,27). The first-order valence-corrected chi connectivity index (χ1v) is 10.2. The van der Waals surface area contributed by atoms with Crippen LogP contribution in [0.25, 0.3) is 15.4 Å². The van der Waals surface area contributed by atoms with Gasteiger partial charge in [0.05, 0.1) is 10.4 Å². The molecule has 0 aliphatic heterocycles. The van der Waals surface area contributed by atoms with Crippen LogP contribution in [0.1, 0.15) is 54.6 Å². The number of nitrogens with one attached hydrogen (secondary N) is 1. The fraction of sp³-hybridized carbons (Fsp3) is 0.400. The average molecular weight is 407 g/mol. The summed E-state index contributed by atoms with van der Waals surface area (Å²) in [7, 11) is 0. The van der Waals surface area contributed by atoms with Crippen LogP contribution in [0, 0.1) is 0 Å². The van der Waals surface area contributed by atoms with E-state index in [2.05, 4.69) is 10.3 Å². The van der Waals surface area contributed by atoms with Crippen molar-refractivity contribution in [2.75, 3.05) is 0 Å². The number of hydrogen-bond donors (Lipinski definition) is 1. The van der Waals surface area contributed by atoms with E-state index in [9.17, 15) is 18.0 Å². The van der Waals surface area contributed by atoms with Crippen molar-refractivity contribution < 1.29 is 18.0 Å². The van der Waals surface area contributed by atoms with Crippen molar-refractivity contribution in [3.63, 3.8) is 0 Å².